The first-order chi connectivity index (χ1) is 9.63. The lowest BCUT2D eigenvalue weighted by Crippen LogP contribution is -2.24. The van der Waals surface area contributed by atoms with Crippen LogP contribution in [0.1, 0.15) is 30.5 Å². The Hall–Kier alpha value is -1.16. The molecule has 0 aliphatic rings. The highest BCUT2D eigenvalue weighted by atomic mass is 35.5. The van der Waals surface area contributed by atoms with Crippen LogP contribution in [0, 0.1) is 5.82 Å². The molecule has 2 nitrogen and oxygen atoms in total. The maximum absolute atomic E-state index is 14.0. The summed E-state index contributed by atoms with van der Waals surface area (Å²) in [6, 6.07) is 6.51. The van der Waals surface area contributed by atoms with Crippen molar-refractivity contribution in [2.75, 3.05) is 6.54 Å². The third-order valence-electron chi connectivity index (χ3n) is 2.98. The van der Waals surface area contributed by atoms with Crippen molar-refractivity contribution in [1.29, 1.82) is 0 Å². The van der Waals surface area contributed by atoms with E-state index in [-0.39, 0.29) is 11.9 Å². The van der Waals surface area contributed by atoms with Gasteiger partial charge in [-0.15, -0.1) is 0 Å². The molecule has 1 heterocycles. The summed E-state index contributed by atoms with van der Waals surface area (Å²) in [5, 5.41) is 4.43. The van der Waals surface area contributed by atoms with E-state index in [0.717, 1.165) is 18.5 Å². The van der Waals surface area contributed by atoms with E-state index in [1.165, 1.54) is 6.20 Å². The maximum atomic E-state index is 14.0. The molecule has 0 bridgehead atoms. The highest BCUT2D eigenvalue weighted by Gasteiger charge is 2.20. The first kappa shape index (κ1) is 15.2. The lowest BCUT2D eigenvalue weighted by atomic mass is 9.99. The van der Waals surface area contributed by atoms with Crippen molar-refractivity contribution in [3.8, 4) is 0 Å². The van der Waals surface area contributed by atoms with Gasteiger partial charge in [-0.3, -0.25) is 4.98 Å². The largest absolute Gasteiger partial charge is 0.306 e. The standard InChI is InChI=1S/C15H15Cl2FN2/c1-2-6-20-15(11-5-7-19-9-14(11)18)12-8-10(16)3-4-13(12)17/h3-5,7-9,15,20H,2,6H2,1H3. The minimum Gasteiger partial charge on any atom is -0.306 e. The molecule has 0 amide bonds. The number of nitrogens with zero attached hydrogens (tertiary/aromatic N) is 1. The van der Waals surface area contributed by atoms with Crippen molar-refractivity contribution >= 4 is 23.2 Å². The predicted octanol–water partition coefficient (Wildman–Crippen LogP) is 4.62. The molecule has 0 radical (unpaired) electrons. The molecular weight excluding hydrogens is 298 g/mol. The van der Waals surface area contributed by atoms with Gasteiger partial charge in [-0.25, -0.2) is 4.39 Å². The van der Waals surface area contributed by atoms with Crippen LogP contribution < -0.4 is 5.32 Å². The number of aromatic nitrogens is 1. The Labute approximate surface area is 127 Å². The van der Waals surface area contributed by atoms with E-state index in [1.807, 2.05) is 6.92 Å². The number of hydrogen-bond donors (Lipinski definition) is 1. The molecule has 0 saturated heterocycles. The molecule has 1 aromatic carbocycles. The molecule has 20 heavy (non-hydrogen) atoms. The third kappa shape index (κ3) is 3.48. The zero-order valence-corrected chi connectivity index (χ0v) is 12.5. The van der Waals surface area contributed by atoms with Crippen LogP contribution in [0.2, 0.25) is 10.0 Å². The minimum absolute atomic E-state index is 0.343. The van der Waals surface area contributed by atoms with Crippen molar-refractivity contribution in [3.05, 3.63) is 63.6 Å². The first-order valence-electron chi connectivity index (χ1n) is 6.41. The Morgan fingerprint density at radius 1 is 1.25 bits per heavy atom. The highest BCUT2D eigenvalue weighted by molar-refractivity contribution is 6.33. The quantitative estimate of drug-likeness (QED) is 0.871. The second kappa shape index (κ2) is 7.02. The van der Waals surface area contributed by atoms with Gasteiger partial charge >= 0.3 is 0 Å². The number of nitrogens with one attached hydrogen (secondary N) is 1. The zero-order valence-electron chi connectivity index (χ0n) is 11.0. The van der Waals surface area contributed by atoms with Crippen molar-refractivity contribution < 1.29 is 4.39 Å². The molecule has 0 fully saturated rings. The topological polar surface area (TPSA) is 24.9 Å². The van der Waals surface area contributed by atoms with E-state index in [2.05, 4.69) is 10.3 Å². The fourth-order valence-electron chi connectivity index (χ4n) is 2.03. The third-order valence-corrected chi connectivity index (χ3v) is 3.56. The van der Waals surface area contributed by atoms with Crippen LogP contribution in [0.3, 0.4) is 0 Å². The maximum Gasteiger partial charge on any atom is 0.146 e. The fourth-order valence-corrected chi connectivity index (χ4v) is 2.44. The summed E-state index contributed by atoms with van der Waals surface area (Å²) in [5.74, 6) is -0.364. The van der Waals surface area contributed by atoms with Gasteiger partial charge in [-0.05, 0) is 42.8 Å². The van der Waals surface area contributed by atoms with Gasteiger partial charge in [-0.1, -0.05) is 30.1 Å². The summed E-state index contributed by atoms with van der Waals surface area (Å²) >= 11 is 12.3. The second-order valence-corrected chi connectivity index (χ2v) is 5.29. The summed E-state index contributed by atoms with van der Waals surface area (Å²) in [7, 11) is 0. The Morgan fingerprint density at radius 2 is 2.05 bits per heavy atom. The average molecular weight is 313 g/mol. The molecule has 2 aromatic rings. The molecule has 0 aliphatic carbocycles. The molecule has 1 aromatic heterocycles. The highest BCUT2D eigenvalue weighted by Crippen LogP contribution is 2.31. The summed E-state index contributed by atoms with van der Waals surface area (Å²) < 4.78 is 14.0. The summed E-state index contributed by atoms with van der Waals surface area (Å²) in [6.45, 7) is 2.79. The molecule has 106 valence electrons. The minimum atomic E-state index is -0.364. The molecule has 0 spiro atoms. The van der Waals surface area contributed by atoms with Gasteiger partial charge in [0.25, 0.3) is 0 Å². The van der Waals surface area contributed by atoms with Crippen LogP contribution in [0.5, 0.6) is 0 Å². The van der Waals surface area contributed by atoms with Crippen LogP contribution in [-0.4, -0.2) is 11.5 Å². The number of hydrogen-bond acceptors (Lipinski definition) is 2. The monoisotopic (exact) mass is 312 g/mol. The van der Waals surface area contributed by atoms with E-state index in [9.17, 15) is 4.39 Å². The molecular formula is C15H15Cl2FN2. The number of halogens is 3. The van der Waals surface area contributed by atoms with Crippen LogP contribution in [0.15, 0.2) is 36.7 Å². The molecule has 5 heteroatoms. The van der Waals surface area contributed by atoms with Crippen molar-refractivity contribution in [2.45, 2.75) is 19.4 Å². The fraction of sp³-hybridized carbons (Fsp3) is 0.267. The van der Waals surface area contributed by atoms with Crippen molar-refractivity contribution in [3.63, 3.8) is 0 Å². The van der Waals surface area contributed by atoms with Crippen molar-refractivity contribution in [2.24, 2.45) is 0 Å². The predicted molar refractivity (Wildman–Crippen MR) is 80.8 cm³/mol. The number of pyridine rings is 1. The molecule has 0 saturated carbocycles. The lowest BCUT2D eigenvalue weighted by molar-refractivity contribution is 0.543. The Morgan fingerprint density at radius 3 is 2.75 bits per heavy atom. The normalized spacial score (nSPS) is 12.4. The van der Waals surface area contributed by atoms with Crippen molar-refractivity contribution in [1.82, 2.24) is 10.3 Å². The summed E-state index contributed by atoms with van der Waals surface area (Å²) in [5.41, 5.74) is 1.27. The van der Waals surface area contributed by atoms with Gasteiger partial charge in [0, 0.05) is 21.8 Å². The number of rotatable bonds is 5. The van der Waals surface area contributed by atoms with Gasteiger partial charge in [0.05, 0.1) is 12.2 Å². The Balaban J connectivity index is 2.47. The van der Waals surface area contributed by atoms with E-state index >= 15 is 0 Å². The van der Waals surface area contributed by atoms with Crippen LogP contribution in [0.4, 0.5) is 4.39 Å². The summed E-state index contributed by atoms with van der Waals surface area (Å²) in [4.78, 5) is 3.78. The van der Waals surface area contributed by atoms with E-state index in [4.69, 9.17) is 23.2 Å². The van der Waals surface area contributed by atoms with E-state index in [0.29, 0.717) is 15.6 Å². The number of benzene rings is 1. The Kier molecular flexibility index (Phi) is 5.35. The average Bonchev–Trinajstić information content (AvgIpc) is 2.44. The van der Waals surface area contributed by atoms with E-state index in [1.54, 1.807) is 30.5 Å². The smallest absolute Gasteiger partial charge is 0.146 e. The lowest BCUT2D eigenvalue weighted by Gasteiger charge is -2.21. The van der Waals surface area contributed by atoms with Gasteiger partial charge in [0.2, 0.25) is 0 Å². The SMILES string of the molecule is CCCNC(c1ccncc1F)c1cc(Cl)ccc1Cl. The molecule has 1 unspecified atom stereocenters. The van der Waals surface area contributed by atoms with E-state index < -0.39 is 0 Å². The molecule has 1 atom stereocenters. The van der Waals surface area contributed by atoms with Gasteiger partial charge in [-0.2, -0.15) is 0 Å². The zero-order chi connectivity index (χ0) is 14.5. The van der Waals surface area contributed by atoms with Gasteiger partial charge in [0.1, 0.15) is 5.82 Å². The van der Waals surface area contributed by atoms with Gasteiger partial charge in [0.15, 0.2) is 0 Å². The van der Waals surface area contributed by atoms with Crippen LogP contribution in [-0.2, 0) is 0 Å². The Bertz CT molecular complexity index is 590. The van der Waals surface area contributed by atoms with Crippen LogP contribution in [0.25, 0.3) is 0 Å². The van der Waals surface area contributed by atoms with Gasteiger partial charge < -0.3 is 5.32 Å². The molecule has 0 aliphatic heterocycles. The summed E-state index contributed by atoms with van der Waals surface area (Å²) in [6.07, 6.45) is 3.70. The first-order valence-corrected chi connectivity index (χ1v) is 7.16. The molecule has 2 rings (SSSR count). The second-order valence-electron chi connectivity index (χ2n) is 4.45. The van der Waals surface area contributed by atoms with Crippen LogP contribution >= 0.6 is 23.2 Å². The molecule has 1 N–H and O–H groups in total.